The van der Waals surface area contributed by atoms with Crippen LogP contribution in [0.3, 0.4) is 0 Å². The number of nitrogens with zero attached hydrogens (tertiary/aromatic N) is 3. The van der Waals surface area contributed by atoms with Crippen LogP contribution in [-0.2, 0) is 0 Å². The van der Waals surface area contributed by atoms with Crippen molar-refractivity contribution in [2.24, 2.45) is 0 Å². The van der Waals surface area contributed by atoms with Gasteiger partial charge in [0, 0.05) is 23.2 Å². The van der Waals surface area contributed by atoms with Crippen LogP contribution in [0.1, 0.15) is 11.5 Å². The summed E-state index contributed by atoms with van der Waals surface area (Å²) >= 11 is 0. The summed E-state index contributed by atoms with van der Waals surface area (Å²) in [7, 11) is 0. The van der Waals surface area contributed by atoms with E-state index in [1.54, 1.807) is 12.1 Å². The van der Waals surface area contributed by atoms with E-state index in [-0.39, 0.29) is 5.69 Å². The smallest absolute Gasteiger partial charge is 0.270 e. The zero-order valence-electron chi connectivity index (χ0n) is 12.6. The summed E-state index contributed by atoms with van der Waals surface area (Å²) in [6.45, 7) is 3.84. The van der Waals surface area contributed by atoms with Gasteiger partial charge in [0.2, 0.25) is 0 Å². The zero-order chi connectivity index (χ0) is 16.1. The molecule has 0 radical (unpaired) electrons. The molecule has 3 aromatic heterocycles. The van der Waals surface area contributed by atoms with Crippen LogP contribution in [0.15, 0.2) is 46.9 Å². The standard InChI is InChI=1S/C17H13N3O3/c1-10-3-7-15-17(16-8-4-11(2)23-16)13-9-12(20(21)22)5-6-14(13)18-19(10)15/h3-9H,1-2H3. The third kappa shape index (κ3) is 1.99. The summed E-state index contributed by atoms with van der Waals surface area (Å²) in [5.74, 6) is 1.47. The highest BCUT2D eigenvalue weighted by Crippen LogP contribution is 2.35. The third-order valence-corrected chi connectivity index (χ3v) is 3.96. The fourth-order valence-electron chi connectivity index (χ4n) is 2.85. The van der Waals surface area contributed by atoms with Crippen LogP contribution < -0.4 is 0 Å². The molecule has 0 amide bonds. The molecule has 0 N–H and O–H groups in total. The number of aromatic nitrogens is 2. The van der Waals surface area contributed by atoms with Crippen molar-refractivity contribution in [2.45, 2.75) is 13.8 Å². The minimum atomic E-state index is -0.399. The molecular weight excluding hydrogens is 294 g/mol. The van der Waals surface area contributed by atoms with E-state index in [1.165, 1.54) is 6.07 Å². The van der Waals surface area contributed by atoms with E-state index < -0.39 is 4.92 Å². The monoisotopic (exact) mass is 307 g/mol. The molecule has 23 heavy (non-hydrogen) atoms. The Kier molecular flexibility index (Phi) is 2.74. The normalized spacial score (nSPS) is 11.4. The fraction of sp³-hybridized carbons (Fsp3) is 0.118. The molecule has 4 rings (SSSR count). The Labute approximate surface area is 131 Å². The summed E-state index contributed by atoms with van der Waals surface area (Å²) in [5, 5.41) is 16.4. The van der Waals surface area contributed by atoms with Gasteiger partial charge in [-0.2, -0.15) is 5.10 Å². The zero-order valence-corrected chi connectivity index (χ0v) is 12.6. The molecule has 1 aromatic carbocycles. The molecule has 0 aliphatic carbocycles. The predicted molar refractivity (Wildman–Crippen MR) is 86.5 cm³/mol. The first-order chi connectivity index (χ1) is 11.0. The minimum Gasteiger partial charge on any atom is -0.461 e. The fourth-order valence-corrected chi connectivity index (χ4v) is 2.85. The van der Waals surface area contributed by atoms with Crippen LogP contribution in [-0.4, -0.2) is 14.5 Å². The molecule has 0 unspecified atom stereocenters. The number of fused-ring (bicyclic) bond motifs is 2. The summed E-state index contributed by atoms with van der Waals surface area (Å²) < 4.78 is 7.62. The van der Waals surface area contributed by atoms with Crippen LogP contribution in [0.5, 0.6) is 0 Å². The van der Waals surface area contributed by atoms with Gasteiger partial charge in [-0.15, -0.1) is 0 Å². The van der Waals surface area contributed by atoms with E-state index in [4.69, 9.17) is 4.42 Å². The Morgan fingerprint density at radius 2 is 1.96 bits per heavy atom. The van der Waals surface area contributed by atoms with E-state index in [2.05, 4.69) is 5.10 Å². The van der Waals surface area contributed by atoms with Gasteiger partial charge in [0.1, 0.15) is 11.5 Å². The molecule has 0 aliphatic heterocycles. The second-order valence-electron chi connectivity index (χ2n) is 5.52. The third-order valence-electron chi connectivity index (χ3n) is 3.96. The van der Waals surface area contributed by atoms with Crippen LogP contribution in [0.2, 0.25) is 0 Å². The van der Waals surface area contributed by atoms with Crippen molar-refractivity contribution >= 4 is 22.1 Å². The molecule has 0 atom stereocenters. The first-order valence-corrected chi connectivity index (χ1v) is 7.18. The Morgan fingerprint density at radius 1 is 1.13 bits per heavy atom. The van der Waals surface area contributed by atoms with E-state index in [0.717, 1.165) is 22.5 Å². The maximum Gasteiger partial charge on any atom is 0.270 e. The Hall–Kier alpha value is -3.15. The van der Waals surface area contributed by atoms with Gasteiger partial charge in [0.05, 0.1) is 21.5 Å². The summed E-state index contributed by atoms with van der Waals surface area (Å²) in [6, 6.07) is 12.4. The van der Waals surface area contributed by atoms with E-state index in [1.807, 2.05) is 42.6 Å². The number of benzene rings is 1. The number of hydrogen-bond donors (Lipinski definition) is 0. The molecule has 0 spiro atoms. The number of nitro groups is 1. The number of hydrogen-bond acceptors (Lipinski definition) is 4. The topological polar surface area (TPSA) is 73.6 Å². The SMILES string of the molecule is Cc1ccc(-c2c3cc([N+](=O)[O-])ccc3nn3c(C)ccc23)o1. The van der Waals surface area contributed by atoms with Crippen molar-refractivity contribution < 1.29 is 9.34 Å². The van der Waals surface area contributed by atoms with Gasteiger partial charge < -0.3 is 4.42 Å². The van der Waals surface area contributed by atoms with Crippen molar-refractivity contribution in [3.8, 4) is 11.3 Å². The first-order valence-electron chi connectivity index (χ1n) is 7.18. The van der Waals surface area contributed by atoms with E-state index >= 15 is 0 Å². The van der Waals surface area contributed by atoms with E-state index in [9.17, 15) is 10.1 Å². The maximum atomic E-state index is 11.1. The number of furan rings is 1. The molecule has 0 saturated carbocycles. The molecule has 0 bridgehead atoms. The quantitative estimate of drug-likeness (QED) is 0.409. The van der Waals surface area contributed by atoms with Gasteiger partial charge in [-0.3, -0.25) is 10.1 Å². The molecule has 4 aromatic rings. The summed E-state index contributed by atoms with van der Waals surface area (Å²) in [6.07, 6.45) is 0. The van der Waals surface area contributed by atoms with Gasteiger partial charge in [0.15, 0.2) is 0 Å². The lowest BCUT2D eigenvalue weighted by Crippen LogP contribution is -1.98. The minimum absolute atomic E-state index is 0.0384. The molecular formula is C17H13N3O3. The largest absolute Gasteiger partial charge is 0.461 e. The van der Waals surface area contributed by atoms with Gasteiger partial charge in [-0.05, 0) is 44.2 Å². The average Bonchev–Trinajstić information content (AvgIpc) is 3.11. The van der Waals surface area contributed by atoms with Gasteiger partial charge in [0.25, 0.3) is 5.69 Å². The summed E-state index contributed by atoms with van der Waals surface area (Å²) in [5.41, 5.74) is 3.40. The molecule has 114 valence electrons. The molecule has 0 fully saturated rings. The lowest BCUT2D eigenvalue weighted by molar-refractivity contribution is -0.384. The van der Waals surface area contributed by atoms with Gasteiger partial charge in [-0.1, -0.05) is 0 Å². The number of non-ortho nitro benzene ring substituents is 1. The highest BCUT2D eigenvalue weighted by molar-refractivity contribution is 6.01. The summed E-state index contributed by atoms with van der Waals surface area (Å²) in [4.78, 5) is 10.7. The molecule has 6 heteroatoms. The first kappa shape index (κ1) is 13.5. The second-order valence-corrected chi connectivity index (χ2v) is 5.52. The number of nitro benzene ring substituents is 1. The Morgan fingerprint density at radius 3 is 2.65 bits per heavy atom. The molecule has 6 nitrogen and oxygen atoms in total. The number of aryl methyl sites for hydroxylation is 2. The maximum absolute atomic E-state index is 11.1. The lowest BCUT2D eigenvalue weighted by atomic mass is 10.1. The molecule has 0 saturated heterocycles. The average molecular weight is 307 g/mol. The lowest BCUT2D eigenvalue weighted by Gasteiger charge is -2.08. The molecule has 3 heterocycles. The van der Waals surface area contributed by atoms with Gasteiger partial charge in [-0.25, -0.2) is 4.52 Å². The Balaban J connectivity index is 2.19. The van der Waals surface area contributed by atoms with Crippen molar-refractivity contribution in [3.63, 3.8) is 0 Å². The van der Waals surface area contributed by atoms with Crippen LogP contribution in [0.4, 0.5) is 5.69 Å². The van der Waals surface area contributed by atoms with Crippen molar-refractivity contribution in [1.82, 2.24) is 9.61 Å². The van der Waals surface area contributed by atoms with E-state index in [0.29, 0.717) is 16.7 Å². The van der Waals surface area contributed by atoms with Crippen LogP contribution in [0.25, 0.3) is 27.7 Å². The predicted octanol–water partition coefficient (Wildman–Crippen LogP) is 4.27. The van der Waals surface area contributed by atoms with Crippen LogP contribution in [0, 0.1) is 24.0 Å². The highest BCUT2D eigenvalue weighted by Gasteiger charge is 2.18. The number of rotatable bonds is 2. The Bertz CT molecular complexity index is 1080. The second kappa shape index (κ2) is 4.67. The van der Waals surface area contributed by atoms with Crippen LogP contribution >= 0.6 is 0 Å². The van der Waals surface area contributed by atoms with Crippen molar-refractivity contribution in [1.29, 1.82) is 0 Å². The highest BCUT2D eigenvalue weighted by atomic mass is 16.6. The molecule has 0 aliphatic rings. The van der Waals surface area contributed by atoms with Crippen molar-refractivity contribution in [2.75, 3.05) is 0 Å². The van der Waals surface area contributed by atoms with Crippen molar-refractivity contribution in [3.05, 3.63) is 64.0 Å². The van der Waals surface area contributed by atoms with Gasteiger partial charge >= 0.3 is 0 Å².